The van der Waals surface area contributed by atoms with Crippen molar-refractivity contribution in [3.8, 4) is 0 Å². The van der Waals surface area contributed by atoms with E-state index in [0.29, 0.717) is 0 Å². The van der Waals surface area contributed by atoms with Crippen LogP contribution in [0.15, 0.2) is 24.3 Å². The summed E-state index contributed by atoms with van der Waals surface area (Å²) >= 11 is 0. The maximum Gasteiger partial charge on any atom is 0.0787 e. The monoisotopic (exact) mass is 152 g/mol. The molecular weight excluding hydrogens is 136 g/mol. The van der Waals surface area contributed by atoms with Gasteiger partial charge >= 0.3 is 0 Å². The summed E-state index contributed by atoms with van der Waals surface area (Å²) in [5.74, 6) is 0. The van der Waals surface area contributed by atoms with Gasteiger partial charge in [0.2, 0.25) is 0 Å². The number of hydrogen-bond acceptors (Lipinski definition) is 1. The number of aliphatic hydroxyl groups excluding tert-OH is 1. The smallest absolute Gasteiger partial charge is 0.0787 e. The Bertz CT molecular complexity index is 201. The Labute approximate surface area is 68.4 Å². The van der Waals surface area contributed by atoms with Crippen LogP contribution in [0, 0.1) is 5.41 Å². The van der Waals surface area contributed by atoms with E-state index >= 15 is 0 Å². The SMILES string of the molecule is C=C1C(=C)C(C)(C)CCC1O. The zero-order chi connectivity index (χ0) is 8.65. The molecule has 0 aromatic heterocycles. The second-order valence-corrected chi connectivity index (χ2v) is 3.94. The van der Waals surface area contributed by atoms with Crippen LogP contribution in [0.25, 0.3) is 0 Å². The highest BCUT2D eigenvalue weighted by Gasteiger charge is 2.31. The fourth-order valence-electron chi connectivity index (χ4n) is 1.46. The van der Waals surface area contributed by atoms with Gasteiger partial charge in [0.15, 0.2) is 0 Å². The van der Waals surface area contributed by atoms with Crippen molar-refractivity contribution in [1.82, 2.24) is 0 Å². The van der Waals surface area contributed by atoms with Gasteiger partial charge in [-0.3, -0.25) is 0 Å². The summed E-state index contributed by atoms with van der Waals surface area (Å²) in [5.41, 5.74) is 1.97. The van der Waals surface area contributed by atoms with Crippen LogP contribution in [0.1, 0.15) is 26.7 Å². The Hall–Kier alpha value is -0.560. The van der Waals surface area contributed by atoms with Gasteiger partial charge < -0.3 is 5.11 Å². The fourth-order valence-corrected chi connectivity index (χ4v) is 1.46. The first-order valence-corrected chi connectivity index (χ1v) is 4.02. The van der Waals surface area contributed by atoms with Crippen LogP contribution >= 0.6 is 0 Å². The first kappa shape index (κ1) is 8.54. The molecule has 0 amide bonds. The Morgan fingerprint density at radius 3 is 2.45 bits per heavy atom. The molecule has 0 spiro atoms. The van der Waals surface area contributed by atoms with Gasteiger partial charge in [-0.25, -0.2) is 0 Å². The van der Waals surface area contributed by atoms with Crippen molar-refractivity contribution in [1.29, 1.82) is 0 Å². The van der Waals surface area contributed by atoms with Gasteiger partial charge in [-0.1, -0.05) is 27.0 Å². The third-order valence-electron chi connectivity index (χ3n) is 2.65. The minimum atomic E-state index is -0.351. The molecule has 1 heteroatoms. The lowest BCUT2D eigenvalue weighted by Gasteiger charge is -2.36. The lowest BCUT2D eigenvalue weighted by atomic mass is 9.71. The Morgan fingerprint density at radius 1 is 1.45 bits per heavy atom. The highest BCUT2D eigenvalue weighted by Crippen LogP contribution is 2.41. The normalized spacial score (nSPS) is 30.6. The van der Waals surface area contributed by atoms with Gasteiger partial charge in [-0.05, 0) is 29.4 Å². The van der Waals surface area contributed by atoms with Crippen LogP contribution in [-0.4, -0.2) is 11.2 Å². The maximum absolute atomic E-state index is 9.42. The van der Waals surface area contributed by atoms with Crippen LogP contribution in [-0.2, 0) is 0 Å². The summed E-state index contributed by atoms with van der Waals surface area (Å²) in [6.07, 6.45) is 1.48. The lowest BCUT2D eigenvalue weighted by molar-refractivity contribution is 0.160. The summed E-state index contributed by atoms with van der Waals surface area (Å²) in [6, 6.07) is 0. The summed E-state index contributed by atoms with van der Waals surface area (Å²) in [5, 5.41) is 9.42. The van der Waals surface area contributed by atoms with Crippen molar-refractivity contribution < 1.29 is 5.11 Å². The molecule has 0 aromatic carbocycles. The molecule has 0 saturated heterocycles. The molecule has 1 N–H and O–H groups in total. The lowest BCUT2D eigenvalue weighted by Crippen LogP contribution is -2.28. The van der Waals surface area contributed by atoms with Crippen molar-refractivity contribution >= 4 is 0 Å². The number of aliphatic hydroxyl groups is 1. The molecule has 1 nitrogen and oxygen atoms in total. The van der Waals surface area contributed by atoms with E-state index in [1.54, 1.807) is 0 Å². The molecule has 1 saturated carbocycles. The Morgan fingerprint density at radius 2 is 2.00 bits per heavy atom. The van der Waals surface area contributed by atoms with E-state index in [1.807, 2.05) is 0 Å². The second-order valence-electron chi connectivity index (χ2n) is 3.94. The summed E-state index contributed by atoms with van der Waals surface area (Å²) in [4.78, 5) is 0. The molecule has 1 aliphatic rings. The highest BCUT2D eigenvalue weighted by atomic mass is 16.3. The van der Waals surface area contributed by atoms with E-state index in [2.05, 4.69) is 27.0 Å². The van der Waals surface area contributed by atoms with Crippen LogP contribution in [0.3, 0.4) is 0 Å². The number of hydrogen-bond donors (Lipinski definition) is 1. The minimum absolute atomic E-state index is 0.135. The average Bonchev–Trinajstić information content (AvgIpc) is 1.95. The average molecular weight is 152 g/mol. The zero-order valence-electron chi connectivity index (χ0n) is 7.35. The fraction of sp³-hybridized carbons (Fsp3) is 0.600. The molecule has 0 aliphatic heterocycles. The van der Waals surface area contributed by atoms with Gasteiger partial charge in [0.05, 0.1) is 6.10 Å². The highest BCUT2D eigenvalue weighted by molar-refractivity contribution is 5.36. The van der Waals surface area contributed by atoms with Crippen molar-refractivity contribution in [2.24, 2.45) is 5.41 Å². The minimum Gasteiger partial charge on any atom is -0.388 e. The van der Waals surface area contributed by atoms with Gasteiger partial charge in [0.1, 0.15) is 0 Å². The van der Waals surface area contributed by atoms with Gasteiger partial charge in [0.25, 0.3) is 0 Å². The molecule has 1 aliphatic carbocycles. The molecule has 62 valence electrons. The van der Waals surface area contributed by atoms with Crippen molar-refractivity contribution in [3.63, 3.8) is 0 Å². The van der Waals surface area contributed by atoms with Gasteiger partial charge in [-0.15, -0.1) is 0 Å². The van der Waals surface area contributed by atoms with Crippen LogP contribution in [0.4, 0.5) is 0 Å². The van der Waals surface area contributed by atoms with Crippen LogP contribution in [0.2, 0.25) is 0 Å². The van der Waals surface area contributed by atoms with Crippen LogP contribution < -0.4 is 0 Å². The van der Waals surface area contributed by atoms with E-state index in [0.717, 1.165) is 24.0 Å². The largest absolute Gasteiger partial charge is 0.388 e. The molecule has 1 unspecified atom stereocenters. The topological polar surface area (TPSA) is 20.2 Å². The molecule has 1 fully saturated rings. The molecular formula is C10H16O. The maximum atomic E-state index is 9.42. The van der Waals surface area contributed by atoms with Gasteiger partial charge in [-0.2, -0.15) is 0 Å². The first-order chi connectivity index (χ1) is 4.95. The molecule has 0 radical (unpaired) electrons. The van der Waals surface area contributed by atoms with Crippen molar-refractivity contribution in [2.45, 2.75) is 32.8 Å². The predicted octanol–water partition coefficient (Wildman–Crippen LogP) is 2.28. The summed E-state index contributed by atoms with van der Waals surface area (Å²) in [6.45, 7) is 12.1. The third kappa shape index (κ3) is 1.38. The molecule has 1 rings (SSSR count). The standard InChI is InChI=1S/C10H16O/c1-7-8(2)10(3,4)6-5-9(7)11/h9,11H,1-2,5-6H2,3-4H3. The van der Waals surface area contributed by atoms with E-state index in [9.17, 15) is 5.11 Å². The van der Waals surface area contributed by atoms with Crippen molar-refractivity contribution in [3.05, 3.63) is 24.3 Å². The molecule has 0 aromatic rings. The van der Waals surface area contributed by atoms with Gasteiger partial charge in [0, 0.05) is 0 Å². The Balaban J connectivity index is 2.84. The third-order valence-corrected chi connectivity index (χ3v) is 2.65. The van der Waals surface area contributed by atoms with E-state index < -0.39 is 0 Å². The molecule has 11 heavy (non-hydrogen) atoms. The van der Waals surface area contributed by atoms with E-state index in [4.69, 9.17) is 0 Å². The van der Waals surface area contributed by atoms with E-state index in [1.165, 1.54) is 0 Å². The second kappa shape index (κ2) is 2.49. The molecule has 1 atom stereocenters. The predicted molar refractivity (Wildman–Crippen MR) is 47.3 cm³/mol. The van der Waals surface area contributed by atoms with E-state index in [-0.39, 0.29) is 11.5 Å². The summed E-state index contributed by atoms with van der Waals surface area (Å²) in [7, 11) is 0. The quantitative estimate of drug-likeness (QED) is 0.564. The first-order valence-electron chi connectivity index (χ1n) is 4.02. The van der Waals surface area contributed by atoms with Crippen molar-refractivity contribution in [2.75, 3.05) is 0 Å². The molecule has 0 heterocycles. The number of rotatable bonds is 0. The van der Waals surface area contributed by atoms with Crippen LogP contribution in [0.5, 0.6) is 0 Å². The zero-order valence-corrected chi connectivity index (χ0v) is 7.35. The molecule has 0 bridgehead atoms. The Kier molecular flexibility index (Phi) is 1.93. The summed E-state index contributed by atoms with van der Waals surface area (Å²) < 4.78 is 0.